The van der Waals surface area contributed by atoms with Crippen LogP contribution in [0, 0.1) is 5.92 Å². The van der Waals surface area contributed by atoms with Crippen molar-refractivity contribution >= 4 is 0 Å². The Kier molecular flexibility index (Phi) is 10.5. The fraction of sp³-hybridized carbons (Fsp3) is 0.846. The van der Waals surface area contributed by atoms with Gasteiger partial charge in [0.15, 0.2) is 0 Å². The molecule has 1 radical (unpaired) electrons. The van der Waals surface area contributed by atoms with Crippen molar-refractivity contribution in [3.63, 3.8) is 0 Å². The Morgan fingerprint density at radius 3 is 2.43 bits per heavy atom. The molecular weight excluding hydrogens is 172 g/mol. The van der Waals surface area contributed by atoms with Gasteiger partial charge in [0.2, 0.25) is 0 Å². The van der Waals surface area contributed by atoms with Gasteiger partial charge >= 0.3 is 0 Å². The molecule has 0 bridgehead atoms. The summed E-state index contributed by atoms with van der Waals surface area (Å²) in [5.41, 5.74) is 0. The lowest BCUT2D eigenvalue weighted by Gasteiger charge is -2.08. The summed E-state index contributed by atoms with van der Waals surface area (Å²) < 4.78 is 0. The highest BCUT2D eigenvalue weighted by Gasteiger charge is 2.00. The Labute approximate surface area is 89.2 Å². The highest BCUT2D eigenvalue weighted by molar-refractivity contribution is 4.79. The number of allylic oxidation sites excluding steroid dienone is 2. The van der Waals surface area contributed by atoms with Crippen molar-refractivity contribution in [3.8, 4) is 0 Å². The van der Waals surface area contributed by atoms with Crippen LogP contribution in [0.1, 0.15) is 58.8 Å². The summed E-state index contributed by atoms with van der Waals surface area (Å²) in [6.45, 7) is 4.53. The van der Waals surface area contributed by atoms with Crippen LogP contribution in [0.25, 0.3) is 0 Å². The lowest BCUT2D eigenvalue weighted by molar-refractivity contribution is 0.180. The molecule has 0 aromatic heterocycles. The van der Waals surface area contributed by atoms with Gasteiger partial charge in [0, 0.05) is 0 Å². The maximum absolute atomic E-state index is 10.3. The van der Waals surface area contributed by atoms with Crippen molar-refractivity contribution in [2.45, 2.75) is 58.8 Å². The first-order valence-electron chi connectivity index (χ1n) is 6.04. The first-order chi connectivity index (χ1) is 6.81. The first-order valence-corrected chi connectivity index (χ1v) is 6.04. The molecule has 14 heavy (non-hydrogen) atoms. The van der Waals surface area contributed by atoms with Crippen molar-refractivity contribution in [1.29, 1.82) is 0 Å². The van der Waals surface area contributed by atoms with E-state index in [9.17, 15) is 5.11 Å². The molecule has 0 spiro atoms. The van der Waals surface area contributed by atoms with E-state index in [4.69, 9.17) is 0 Å². The summed E-state index contributed by atoms with van der Waals surface area (Å²) in [5, 5.41) is 10.3. The van der Waals surface area contributed by atoms with Crippen LogP contribution in [0.4, 0.5) is 0 Å². The molecule has 1 heteroatoms. The summed E-state index contributed by atoms with van der Waals surface area (Å²) >= 11 is 0. The Morgan fingerprint density at radius 2 is 1.79 bits per heavy atom. The molecule has 1 unspecified atom stereocenters. The van der Waals surface area contributed by atoms with Crippen LogP contribution in [-0.4, -0.2) is 6.61 Å². The van der Waals surface area contributed by atoms with Gasteiger partial charge in [-0.1, -0.05) is 38.8 Å². The fourth-order valence-corrected chi connectivity index (χ4v) is 1.62. The van der Waals surface area contributed by atoms with Gasteiger partial charge in [-0.05, 0) is 38.0 Å². The van der Waals surface area contributed by atoms with E-state index in [-0.39, 0.29) is 6.61 Å². The van der Waals surface area contributed by atoms with Crippen molar-refractivity contribution < 1.29 is 5.11 Å². The van der Waals surface area contributed by atoms with Gasteiger partial charge in [0.1, 0.15) is 0 Å². The second-order valence-electron chi connectivity index (χ2n) is 4.12. The summed E-state index contributed by atoms with van der Waals surface area (Å²) in [6, 6.07) is 0. The monoisotopic (exact) mass is 197 g/mol. The predicted octanol–water partition coefficient (Wildman–Crippen LogP) is 4.36. The lowest BCUT2D eigenvalue weighted by atomic mass is 9.98. The summed E-state index contributed by atoms with van der Waals surface area (Å²) in [4.78, 5) is 0. The molecule has 0 amide bonds. The Bertz CT molecular complexity index is 129. The quantitative estimate of drug-likeness (QED) is 0.386. The van der Waals surface area contributed by atoms with E-state index in [0.29, 0.717) is 0 Å². The van der Waals surface area contributed by atoms with Gasteiger partial charge in [-0.15, -0.1) is 0 Å². The zero-order valence-corrected chi connectivity index (χ0v) is 9.80. The third-order valence-electron chi connectivity index (χ3n) is 2.56. The zero-order chi connectivity index (χ0) is 10.6. The van der Waals surface area contributed by atoms with E-state index >= 15 is 0 Å². The summed E-state index contributed by atoms with van der Waals surface area (Å²) in [6.07, 6.45) is 12.8. The lowest BCUT2D eigenvalue weighted by Crippen LogP contribution is -1.95. The molecule has 1 atom stereocenters. The van der Waals surface area contributed by atoms with E-state index in [2.05, 4.69) is 26.0 Å². The molecule has 0 fully saturated rings. The zero-order valence-electron chi connectivity index (χ0n) is 9.80. The standard InChI is InChI=1S/C13H25O/c1-3-4-5-6-7-8-10-13(2)11-9-12-14/h4-5,13H,3,6-12H2,1-2H3/b5-4+. The van der Waals surface area contributed by atoms with Crippen molar-refractivity contribution in [1.82, 2.24) is 0 Å². The number of unbranched alkanes of at least 4 members (excludes halogenated alkanes) is 2. The molecule has 0 aromatic rings. The Morgan fingerprint density at radius 1 is 1.07 bits per heavy atom. The molecule has 0 saturated heterocycles. The molecule has 0 aliphatic heterocycles. The average molecular weight is 197 g/mol. The topological polar surface area (TPSA) is 19.9 Å². The third kappa shape index (κ3) is 9.79. The number of hydrogen-bond acceptors (Lipinski definition) is 0. The smallest absolute Gasteiger partial charge is 0.0822 e. The van der Waals surface area contributed by atoms with Crippen molar-refractivity contribution in [2.75, 3.05) is 6.61 Å². The average Bonchev–Trinajstić information content (AvgIpc) is 2.20. The van der Waals surface area contributed by atoms with Crippen LogP contribution in [0.15, 0.2) is 12.2 Å². The van der Waals surface area contributed by atoms with Crippen molar-refractivity contribution in [3.05, 3.63) is 12.2 Å². The maximum Gasteiger partial charge on any atom is 0.0822 e. The third-order valence-corrected chi connectivity index (χ3v) is 2.56. The normalized spacial score (nSPS) is 13.6. The van der Waals surface area contributed by atoms with Crippen LogP contribution in [0.2, 0.25) is 0 Å². The summed E-state index contributed by atoms with van der Waals surface area (Å²) in [7, 11) is 0. The van der Waals surface area contributed by atoms with E-state index < -0.39 is 0 Å². The van der Waals surface area contributed by atoms with E-state index in [0.717, 1.165) is 25.2 Å². The molecule has 83 valence electrons. The first kappa shape index (κ1) is 13.7. The molecule has 0 rings (SSSR count). The Balaban J connectivity index is 3.14. The summed E-state index contributed by atoms with van der Waals surface area (Å²) in [5.74, 6) is 0.749. The highest BCUT2D eigenvalue weighted by atomic mass is 16.2. The van der Waals surface area contributed by atoms with Crippen LogP contribution in [-0.2, 0) is 5.11 Å². The minimum absolute atomic E-state index is 0.101. The van der Waals surface area contributed by atoms with Gasteiger partial charge in [-0.2, -0.15) is 0 Å². The number of rotatable bonds is 9. The number of hydrogen-bond donors (Lipinski definition) is 0. The van der Waals surface area contributed by atoms with Gasteiger partial charge in [-0.3, -0.25) is 0 Å². The molecule has 0 aromatic carbocycles. The molecule has 0 N–H and O–H groups in total. The molecule has 0 heterocycles. The minimum Gasteiger partial charge on any atom is -0.237 e. The molecule has 1 nitrogen and oxygen atoms in total. The van der Waals surface area contributed by atoms with Gasteiger partial charge in [0.05, 0.1) is 6.61 Å². The van der Waals surface area contributed by atoms with Crippen LogP contribution < -0.4 is 0 Å². The van der Waals surface area contributed by atoms with Crippen LogP contribution in [0.5, 0.6) is 0 Å². The van der Waals surface area contributed by atoms with E-state index in [1.807, 2.05) is 0 Å². The largest absolute Gasteiger partial charge is 0.237 e. The second kappa shape index (κ2) is 10.8. The highest BCUT2D eigenvalue weighted by Crippen LogP contribution is 2.14. The van der Waals surface area contributed by atoms with Crippen LogP contribution >= 0.6 is 0 Å². The Hall–Kier alpha value is -0.300. The molecule has 0 aliphatic carbocycles. The predicted molar refractivity (Wildman–Crippen MR) is 61.9 cm³/mol. The maximum atomic E-state index is 10.3. The van der Waals surface area contributed by atoms with E-state index in [1.54, 1.807) is 0 Å². The minimum atomic E-state index is 0.101. The van der Waals surface area contributed by atoms with Gasteiger partial charge < -0.3 is 0 Å². The van der Waals surface area contributed by atoms with E-state index in [1.165, 1.54) is 25.7 Å². The fourth-order valence-electron chi connectivity index (χ4n) is 1.62. The van der Waals surface area contributed by atoms with Gasteiger partial charge in [0.25, 0.3) is 0 Å². The SMILES string of the molecule is CC/C=C/CCCCC(C)CCC[O]. The van der Waals surface area contributed by atoms with Crippen LogP contribution in [0.3, 0.4) is 0 Å². The van der Waals surface area contributed by atoms with Crippen molar-refractivity contribution in [2.24, 2.45) is 5.92 Å². The second-order valence-corrected chi connectivity index (χ2v) is 4.12. The molecule has 0 saturated carbocycles. The molecular formula is C13H25O. The molecule has 0 aliphatic rings. The van der Waals surface area contributed by atoms with Gasteiger partial charge in [-0.25, -0.2) is 5.11 Å².